The molecule has 2 rings (SSSR count). The van der Waals surface area contributed by atoms with E-state index in [0.717, 1.165) is 6.42 Å². The fourth-order valence-corrected chi connectivity index (χ4v) is 4.12. The fourth-order valence-electron chi connectivity index (χ4n) is 3.66. The number of carbonyl (C=O) groups is 2. The first-order valence-corrected chi connectivity index (χ1v) is 8.97. The largest absolute Gasteiger partial charge is 0.453 e. The van der Waals surface area contributed by atoms with Gasteiger partial charge in [0.1, 0.15) is 0 Å². The number of amides is 1. The zero-order valence-electron chi connectivity index (χ0n) is 13.3. The minimum atomic E-state index is -1.32. The molecule has 2 heterocycles. The van der Waals surface area contributed by atoms with Gasteiger partial charge in [0, 0.05) is 11.2 Å². The van der Waals surface area contributed by atoms with E-state index >= 15 is 0 Å². The molecule has 22 heavy (non-hydrogen) atoms. The Morgan fingerprint density at radius 2 is 2.14 bits per heavy atom. The second kappa shape index (κ2) is 6.32. The molecule has 0 saturated carbocycles. The van der Waals surface area contributed by atoms with E-state index in [0.29, 0.717) is 18.2 Å². The van der Waals surface area contributed by atoms with Gasteiger partial charge >= 0.3 is 5.97 Å². The zero-order valence-corrected chi connectivity index (χ0v) is 14.9. The lowest BCUT2D eigenvalue weighted by atomic mass is 9.65. The van der Waals surface area contributed by atoms with Gasteiger partial charge in [0.15, 0.2) is 5.60 Å². The van der Waals surface area contributed by atoms with Crippen LogP contribution in [0.25, 0.3) is 0 Å². The first kappa shape index (κ1) is 17.5. The molecule has 2 N–H and O–H groups in total. The Hall–Kier alpha value is -0.880. The van der Waals surface area contributed by atoms with Crippen molar-refractivity contribution in [3.05, 3.63) is 12.2 Å². The van der Waals surface area contributed by atoms with Crippen LogP contribution in [0.5, 0.6) is 0 Å². The van der Waals surface area contributed by atoms with Crippen molar-refractivity contribution < 1.29 is 19.4 Å². The summed E-state index contributed by atoms with van der Waals surface area (Å²) in [4.78, 5) is 24.6. The van der Waals surface area contributed by atoms with Crippen LogP contribution in [0.4, 0.5) is 0 Å². The van der Waals surface area contributed by atoms with Crippen LogP contribution in [0.1, 0.15) is 40.0 Å². The normalized spacial score (nSPS) is 36.5. The van der Waals surface area contributed by atoms with Gasteiger partial charge in [0.05, 0.1) is 12.0 Å². The molecule has 1 amide bonds. The molecule has 2 aliphatic rings. The van der Waals surface area contributed by atoms with Crippen molar-refractivity contribution in [2.45, 2.75) is 57.3 Å². The van der Waals surface area contributed by atoms with Gasteiger partial charge < -0.3 is 15.2 Å². The summed E-state index contributed by atoms with van der Waals surface area (Å²) < 4.78 is 5.38. The Morgan fingerprint density at radius 1 is 1.45 bits per heavy atom. The third kappa shape index (κ3) is 2.22. The molecule has 0 aliphatic carbocycles. The van der Waals surface area contributed by atoms with Gasteiger partial charge in [-0.3, -0.25) is 4.79 Å². The lowest BCUT2D eigenvalue weighted by molar-refractivity contribution is -0.238. The summed E-state index contributed by atoms with van der Waals surface area (Å²) in [6, 6.07) is 0. The Bertz CT molecular complexity index is 495. The summed E-state index contributed by atoms with van der Waals surface area (Å²) in [5, 5.41) is 14.3. The van der Waals surface area contributed by atoms with E-state index in [1.165, 1.54) is 0 Å². The van der Waals surface area contributed by atoms with E-state index < -0.39 is 29.1 Å². The molecule has 0 unspecified atom stereocenters. The van der Waals surface area contributed by atoms with Crippen LogP contribution >= 0.6 is 15.9 Å². The second-order valence-corrected chi connectivity index (χ2v) is 6.97. The summed E-state index contributed by atoms with van der Waals surface area (Å²) in [6.07, 6.45) is 5.01. The molecule has 6 heteroatoms. The predicted molar refractivity (Wildman–Crippen MR) is 86.5 cm³/mol. The maximum Gasteiger partial charge on any atom is 0.339 e. The quantitative estimate of drug-likeness (QED) is 0.406. The summed E-state index contributed by atoms with van der Waals surface area (Å²) in [5.41, 5.74) is -2.31. The average molecular weight is 374 g/mol. The van der Waals surface area contributed by atoms with Crippen LogP contribution in [-0.2, 0) is 14.3 Å². The van der Waals surface area contributed by atoms with E-state index in [9.17, 15) is 14.7 Å². The number of rotatable bonds is 7. The van der Waals surface area contributed by atoms with Crippen molar-refractivity contribution in [2.24, 2.45) is 11.8 Å². The van der Waals surface area contributed by atoms with Crippen molar-refractivity contribution in [1.29, 1.82) is 0 Å². The molecule has 0 aromatic carbocycles. The van der Waals surface area contributed by atoms with Crippen LogP contribution in [0.15, 0.2) is 12.2 Å². The minimum Gasteiger partial charge on any atom is -0.453 e. The molecule has 0 bridgehead atoms. The number of allylic oxidation sites excluding steroid dienone is 1. The van der Waals surface area contributed by atoms with Crippen molar-refractivity contribution in [3.8, 4) is 0 Å². The first-order valence-electron chi connectivity index (χ1n) is 7.85. The van der Waals surface area contributed by atoms with Crippen LogP contribution < -0.4 is 5.32 Å². The molecular weight excluding hydrogens is 350 g/mol. The van der Waals surface area contributed by atoms with Crippen LogP contribution in [0, 0.1) is 11.8 Å². The monoisotopic (exact) mass is 373 g/mol. The maximum absolute atomic E-state index is 12.3. The van der Waals surface area contributed by atoms with E-state index in [2.05, 4.69) is 21.2 Å². The van der Waals surface area contributed by atoms with Gasteiger partial charge in [0.2, 0.25) is 11.4 Å². The smallest absolute Gasteiger partial charge is 0.339 e. The van der Waals surface area contributed by atoms with Gasteiger partial charge in [-0.25, -0.2) is 4.79 Å². The lowest BCUT2D eigenvalue weighted by Crippen LogP contribution is -2.80. The number of esters is 1. The number of alkyl halides is 1. The van der Waals surface area contributed by atoms with Crippen LogP contribution in [0.2, 0.25) is 0 Å². The highest BCUT2D eigenvalue weighted by atomic mass is 79.9. The van der Waals surface area contributed by atoms with E-state index in [4.69, 9.17) is 4.74 Å². The lowest BCUT2D eigenvalue weighted by Gasteiger charge is -2.54. The Labute approximate surface area is 139 Å². The number of hydrogen-bond acceptors (Lipinski definition) is 4. The van der Waals surface area contributed by atoms with Gasteiger partial charge in [-0.15, -0.1) is 0 Å². The van der Waals surface area contributed by atoms with Crippen molar-refractivity contribution in [1.82, 2.24) is 5.32 Å². The van der Waals surface area contributed by atoms with Crippen LogP contribution in [0.3, 0.4) is 0 Å². The van der Waals surface area contributed by atoms with Crippen molar-refractivity contribution in [2.75, 3.05) is 5.33 Å². The SMILES string of the molecule is CC/C=C\[C@H](CC)[C@H](O)[C@@]12NC(=O)[C@H](CCBr)[C@]1(C)OC2=O. The van der Waals surface area contributed by atoms with Crippen LogP contribution in [-0.4, -0.2) is 39.6 Å². The molecule has 2 aliphatic heterocycles. The second-order valence-electron chi connectivity index (χ2n) is 6.18. The highest BCUT2D eigenvalue weighted by molar-refractivity contribution is 9.09. The molecule has 0 spiro atoms. The highest BCUT2D eigenvalue weighted by Gasteiger charge is 2.79. The third-order valence-corrected chi connectivity index (χ3v) is 5.51. The molecule has 2 fully saturated rings. The number of aliphatic hydroxyl groups excluding tert-OH is 1. The number of carbonyl (C=O) groups excluding carboxylic acids is 2. The molecule has 0 aromatic rings. The number of ether oxygens (including phenoxy) is 1. The summed E-state index contributed by atoms with van der Waals surface area (Å²) in [6.45, 7) is 5.72. The minimum absolute atomic E-state index is 0.199. The van der Waals surface area contributed by atoms with E-state index in [1.807, 2.05) is 26.0 Å². The Balaban J connectivity index is 2.36. The maximum atomic E-state index is 12.3. The molecule has 5 nitrogen and oxygen atoms in total. The molecule has 124 valence electrons. The molecule has 0 aromatic heterocycles. The Morgan fingerprint density at radius 3 is 2.64 bits per heavy atom. The molecule has 0 radical (unpaired) electrons. The van der Waals surface area contributed by atoms with Gasteiger partial charge in [-0.1, -0.05) is 41.9 Å². The third-order valence-electron chi connectivity index (χ3n) is 5.05. The average Bonchev–Trinajstić information content (AvgIpc) is 2.66. The summed E-state index contributed by atoms with van der Waals surface area (Å²) >= 11 is 3.34. The number of aliphatic hydroxyl groups is 1. The fraction of sp³-hybridized carbons (Fsp3) is 0.750. The number of hydrogen-bond donors (Lipinski definition) is 2. The molecule has 5 atom stereocenters. The standard InChI is InChI=1S/C16H24BrNO4/c1-4-6-7-10(5-2)12(19)16-14(21)22-15(16,3)11(8-9-17)13(20)18-16/h6-7,10-12,19H,4-5,8-9H2,1-3H3,(H,18,20)/b7-6-/t10-,11-,12-,15-,16-/m0/s1. The Kier molecular flexibility index (Phi) is 5.02. The first-order chi connectivity index (χ1) is 10.4. The summed E-state index contributed by atoms with van der Waals surface area (Å²) in [5.74, 6) is -1.39. The zero-order chi connectivity index (χ0) is 16.5. The van der Waals surface area contributed by atoms with Crippen molar-refractivity contribution >= 4 is 27.8 Å². The number of nitrogens with one attached hydrogen (secondary N) is 1. The van der Waals surface area contributed by atoms with Gasteiger partial charge in [-0.2, -0.15) is 0 Å². The topological polar surface area (TPSA) is 75.6 Å². The molecular formula is C16H24BrNO4. The predicted octanol–water partition coefficient (Wildman–Crippen LogP) is 1.92. The molecule has 2 saturated heterocycles. The number of halogens is 1. The van der Waals surface area contributed by atoms with Gasteiger partial charge in [-0.05, 0) is 26.2 Å². The number of fused-ring (bicyclic) bond motifs is 1. The van der Waals surface area contributed by atoms with E-state index in [1.54, 1.807) is 6.92 Å². The van der Waals surface area contributed by atoms with Crippen molar-refractivity contribution in [3.63, 3.8) is 0 Å². The van der Waals surface area contributed by atoms with E-state index in [-0.39, 0.29) is 11.8 Å². The van der Waals surface area contributed by atoms with Gasteiger partial charge in [0.25, 0.3) is 0 Å². The highest BCUT2D eigenvalue weighted by Crippen LogP contribution is 2.53. The summed E-state index contributed by atoms with van der Waals surface area (Å²) in [7, 11) is 0.